The zero-order valence-electron chi connectivity index (χ0n) is 20.8. The van der Waals surface area contributed by atoms with Gasteiger partial charge >= 0.3 is 5.97 Å². The van der Waals surface area contributed by atoms with E-state index in [4.69, 9.17) is 14.2 Å². The van der Waals surface area contributed by atoms with Crippen molar-refractivity contribution in [2.24, 2.45) is 4.99 Å². The summed E-state index contributed by atoms with van der Waals surface area (Å²) < 4.78 is 31.6. The van der Waals surface area contributed by atoms with Gasteiger partial charge in [-0.25, -0.2) is 14.2 Å². The van der Waals surface area contributed by atoms with E-state index in [2.05, 4.69) is 4.99 Å². The molecule has 1 aliphatic heterocycles. The zero-order chi connectivity index (χ0) is 26.8. The van der Waals surface area contributed by atoms with Gasteiger partial charge in [-0.1, -0.05) is 35.6 Å². The summed E-state index contributed by atoms with van der Waals surface area (Å²) in [6.07, 6.45) is 1.76. The molecule has 1 aliphatic rings. The van der Waals surface area contributed by atoms with Gasteiger partial charge in [0.1, 0.15) is 18.5 Å². The quantitative estimate of drug-likeness (QED) is 0.323. The first-order valence-corrected chi connectivity index (χ1v) is 13.3. The van der Waals surface area contributed by atoms with Crippen LogP contribution in [0.5, 0.6) is 11.5 Å². The van der Waals surface area contributed by atoms with Crippen molar-refractivity contribution in [3.8, 4) is 11.5 Å². The number of carbonyl (C=O) groups is 1. The summed E-state index contributed by atoms with van der Waals surface area (Å²) in [5.74, 6) is 0.194. The number of rotatable bonds is 7. The molecule has 0 N–H and O–H groups in total. The Morgan fingerprint density at radius 3 is 2.61 bits per heavy atom. The zero-order valence-corrected chi connectivity index (χ0v) is 22.4. The van der Waals surface area contributed by atoms with E-state index in [-0.39, 0.29) is 18.0 Å². The van der Waals surface area contributed by atoms with E-state index in [0.717, 1.165) is 16.0 Å². The van der Waals surface area contributed by atoms with Gasteiger partial charge in [-0.3, -0.25) is 9.36 Å². The molecule has 1 atom stereocenters. The first kappa shape index (κ1) is 25.6. The molecule has 0 bridgehead atoms. The maximum absolute atomic E-state index is 13.6. The molecule has 3 heterocycles. The first-order valence-electron chi connectivity index (χ1n) is 11.6. The van der Waals surface area contributed by atoms with Crippen LogP contribution in [0.25, 0.3) is 6.08 Å². The highest BCUT2D eigenvalue weighted by molar-refractivity contribution is 7.10. The number of allylic oxidation sites excluding steroid dienone is 1. The Hall–Kier alpha value is -4.02. The molecular formula is C28H23FN2O5S2. The van der Waals surface area contributed by atoms with Gasteiger partial charge in [-0.15, -0.1) is 11.3 Å². The highest BCUT2D eigenvalue weighted by Gasteiger charge is 2.33. The molecular weight excluding hydrogens is 527 g/mol. The normalized spacial score (nSPS) is 15.2. The van der Waals surface area contributed by atoms with Crippen LogP contribution in [0.15, 0.2) is 81.0 Å². The van der Waals surface area contributed by atoms with Crippen LogP contribution in [0, 0.1) is 5.82 Å². The van der Waals surface area contributed by atoms with E-state index >= 15 is 0 Å². The van der Waals surface area contributed by atoms with E-state index in [1.54, 1.807) is 41.8 Å². The summed E-state index contributed by atoms with van der Waals surface area (Å²) in [4.78, 5) is 32.2. The lowest BCUT2D eigenvalue weighted by molar-refractivity contribution is -0.136. The molecule has 194 valence electrons. The van der Waals surface area contributed by atoms with Gasteiger partial charge in [-0.05, 0) is 59.8 Å². The molecule has 0 amide bonds. The number of hydrogen-bond donors (Lipinski definition) is 0. The van der Waals surface area contributed by atoms with Crippen molar-refractivity contribution in [1.29, 1.82) is 0 Å². The Labute approximate surface area is 225 Å². The van der Waals surface area contributed by atoms with Crippen molar-refractivity contribution in [3.63, 3.8) is 0 Å². The third-order valence-corrected chi connectivity index (χ3v) is 7.94. The molecule has 7 nitrogen and oxygen atoms in total. The summed E-state index contributed by atoms with van der Waals surface area (Å²) in [6, 6.07) is 14.6. The second-order valence-corrected chi connectivity index (χ2v) is 10.4. The predicted octanol–water partition coefficient (Wildman–Crippen LogP) is 4.20. The van der Waals surface area contributed by atoms with Gasteiger partial charge in [-0.2, -0.15) is 0 Å². The van der Waals surface area contributed by atoms with Crippen LogP contribution < -0.4 is 24.4 Å². The maximum Gasteiger partial charge on any atom is 0.338 e. The van der Waals surface area contributed by atoms with Crippen molar-refractivity contribution < 1.29 is 23.4 Å². The fourth-order valence-corrected chi connectivity index (χ4v) is 6.07. The molecule has 5 rings (SSSR count). The molecule has 0 fully saturated rings. The molecule has 0 spiro atoms. The standard InChI is InChI=1S/C28H23FN2O5S2/c1-16-24(27(33)35-3)25(22-5-4-12-37-22)31-26(32)23(38-28(31)30-16)14-18-8-11-20(21(13-18)34-2)36-15-17-6-9-19(29)10-7-17/h4-14,25H,15H2,1-3H3. The number of methoxy groups -OCH3 is 2. The lowest BCUT2D eigenvalue weighted by atomic mass is 10.0. The van der Waals surface area contributed by atoms with Gasteiger partial charge < -0.3 is 14.2 Å². The van der Waals surface area contributed by atoms with Gasteiger partial charge in [0.15, 0.2) is 16.3 Å². The minimum atomic E-state index is -0.613. The number of carbonyl (C=O) groups excluding carboxylic acids is 1. The molecule has 2 aromatic carbocycles. The minimum Gasteiger partial charge on any atom is -0.493 e. The van der Waals surface area contributed by atoms with Crippen LogP contribution >= 0.6 is 22.7 Å². The topological polar surface area (TPSA) is 79.1 Å². The SMILES string of the molecule is COC(=O)C1=C(C)N=c2sc(=Cc3ccc(OCc4ccc(F)cc4)c(OC)c3)c(=O)n2C1c1cccs1. The third-order valence-electron chi connectivity index (χ3n) is 6.03. The smallest absolute Gasteiger partial charge is 0.338 e. The second-order valence-electron chi connectivity index (χ2n) is 8.41. The number of hydrogen-bond acceptors (Lipinski definition) is 8. The lowest BCUT2D eigenvalue weighted by Crippen LogP contribution is -2.39. The Balaban J connectivity index is 1.51. The number of thiophene rings is 1. The Morgan fingerprint density at radius 1 is 1.13 bits per heavy atom. The number of aromatic nitrogens is 1. The van der Waals surface area contributed by atoms with Gasteiger partial charge in [0.2, 0.25) is 0 Å². The monoisotopic (exact) mass is 550 g/mol. The van der Waals surface area contributed by atoms with Crippen molar-refractivity contribution in [1.82, 2.24) is 4.57 Å². The van der Waals surface area contributed by atoms with E-state index in [9.17, 15) is 14.0 Å². The van der Waals surface area contributed by atoms with Crippen LogP contribution in [-0.2, 0) is 16.1 Å². The third kappa shape index (κ3) is 4.92. The number of esters is 1. The summed E-state index contributed by atoms with van der Waals surface area (Å²) in [6.45, 7) is 2.00. The average Bonchev–Trinajstić information content (AvgIpc) is 3.56. The summed E-state index contributed by atoms with van der Waals surface area (Å²) >= 11 is 2.71. The molecule has 38 heavy (non-hydrogen) atoms. The number of halogens is 1. The number of thiazole rings is 1. The van der Waals surface area contributed by atoms with Crippen LogP contribution in [0.4, 0.5) is 4.39 Å². The summed E-state index contributed by atoms with van der Waals surface area (Å²) in [5.41, 5.74) is 2.17. The molecule has 1 unspecified atom stereocenters. The highest BCUT2D eigenvalue weighted by atomic mass is 32.1. The molecule has 0 aliphatic carbocycles. The second kappa shape index (κ2) is 10.8. The van der Waals surface area contributed by atoms with E-state index in [1.165, 1.54) is 49.0 Å². The summed E-state index contributed by atoms with van der Waals surface area (Å²) in [5, 5.41) is 1.90. The largest absolute Gasteiger partial charge is 0.493 e. The Morgan fingerprint density at radius 2 is 1.92 bits per heavy atom. The molecule has 10 heteroatoms. The molecule has 2 aromatic heterocycles. The average molecular weight is 551 g/mol. The van der Waals surface area contributed by atoms with Crippen LogP contribution in [0.1, 0.15) is 29.0 Å². The molecule has 0 radical (unpaired) electrons. The number of nitrogens with zero attached hydrogens (tertiary/aromatic N) is 2. The minimum absolute atomic E-state index is 0.249. The first-order chi connectivity index (χ1) is 18.4. The number of benzene rings is 2. The van der Waals surface area contributed by atoms with Gasteiger partial charge in [0.05, 0.1) is 30.0 Å². The molecule has 0 saturated heterocycles. The van der Waals surface area contributed by atoms with Crippen molar-refractivity contribution in [2.45, 2.75) is 19.6 Å². The van der Waals surface area contributed by atoms with E-state index < -0.39 is 12.0 Å². The van der Waals surface area contributed by atoms with Crippen LogP contribution in [0.3, 0.4) is 0 Å². The van der Waals surface area contributed by atoms with Gasteiger partial charge in [0.25, 0.3) is 5.56 Å². The fraction of sp³-hybridized carbons (Fsp3) is 0.179. The number of ether oxygens (including phenoxy) is 3. The van der Waals surface area contributed by atoms with E-state index in [1.807, 2.05) is 23.6 Å². The van der Waals surface area contributed by atoms with Crippen molar-refractivity contribution in [2.75, 3.05) is 14.2 Å². The lowest BCUT2D eigenvalue weighted by Gasteiger charge is -2.22. The van der Waals surface area contributed by atoms with Crippen LogP contribution in [-0.4, -0.2) is 24.8 Å². The van der Waals surface area contributed by atoms with Crippen LogP contribution in [0.2, 0.25) is 0 Å². The van der Waals surface area contributed by atoms with Gasteiger partial charge in [0, 0.05) is 4.88 Å². The molecule has 0 saturated carbocycles. The van der Waals surface area contributed by atoms with Crippen molar-refractivity contribution in [3.05, 3.63) is 113 Å². The van der Waals surface area contributed by atoms with E-state index in [0.29, 0.717) is 32.1 Å². The van der Waals surface area contributed by atoms with Crippen molar-refractivity contribution >= 4 is 34.7 Å². The number of fused-ring (bicyclic) bond motifs is 1. The maximum atomic E-state index is 13.6. The predicted molar refractivity (Wildman–Crippen MR) is 144 cm³/mol. The highest BCUT2D eigenvalue weighted by Crippen LogP contribution is 2.33. The Bertz CT molecular complexity index is 1700. The fourth-order valence-electron chi connectivity index (χ4n) is 4.19. The Kier molecular flexibility index (Phi) is 7.26. The molecule has 4 aromatic rings. The summed E-state index contributed by atoms with van der Waals surface area (Å²) in [7, 11) is 2.86.